The zero-order valence-corrected chi connectivity index (χ0v) is 16.1. The smallest absolute Gasteiger partial charge is 0.233 e. The second-order valence-electron chi connectivity index (χ2n) is 6.97. The van der Waals surface area contributed by atoms with E-state index in [0.29, 0.717) is 37.6 Å². The minimum atomic E-state index is -0.208. The van der Waals surface area contributed by atoms with Gasteiger partial charge in [0.2, 0.25) is 5.91 Å². The fourth-order valence-corrected chi connectivity index (χ4v) is 4.57. The van der Waals surface area contributed by atoms with Crippen LogP contribution in [0, 0.1) is 5.82 Å². The Balaban J connectivity index is 1.30. The minimum absolute atomic E-state index is 0.110. The number of anilines is 1. The number of carbonyl (C=O) groups excluding carboxylic acids is 1. The Morgan fingerprint density at radius 1 is 1.04 bits per heavy atom. The second-order valence-corrected chi connectivity index (χ2v) is 7.91. The quantitative estimate of drug-likeness (QED) is 0.753. The first kappa shape index (κ1) is 18.3. The number of hydrogen-bond acceptors (Lipinski definition) is 5. The summed E-state index contributed by atoms with van der Waals surface area (Å²) in [6.45, 7) is 3.48. The highest BCUT2D eigenvalue weighted by Crippen LogP contribution is 2.23. The van der Waals surface area contributed by atoms with E-state index in [1.54, 1.807) is 12.1 Å². The lowest BCUT2D eigenvalue weighted by Gasteiger charge is -2.36. The molecule has 0 bridgehead atoms. The molecule has 8 heteroatoms. The molecule has 1 aromatic carbocycles. The Morgan fingerprint density at radius 2 is 1.85 bits per heavy atom. The number of thioether (sulfide) groups is 1. The van der Waals surface area contributed by atoms with Gasteiger partial charge in [-0.2, -0.15) is 0 Å². The monoisotopic (exact) mass is 389 g/mol. The minimum Gasteiger partial charge on any atom is -0.366 e. The van der Waals surface area contributed by atoms with Gasteiger partial charge in [0.1, 0.15) is 11.6 Å². The summed E-state index contributed by atoms with van der Waals surface area (Å²) in [5, 5.41) is 9.41. The number of aryl methyl sites for hydroxylation is 1. The first-order valence-corrected chi connectivity index (χ1v) is 10.5. The van der Waals surface area contributed by atoms with Gasteiger partial charge in [0.15, 0.2) is 5.16 Å². The Morgan fingerprint density at radius 3 is 2.67 bits per heavy atom. The van der Waals surface area contributed by atoms with E-state index in [2.05, 4.69) is 14.8 Å². The van der Waals surface area contributed by atoms with Crippen LogP contribution < -0.4 is 4.90 Å². The Hall–Kier alpha value is -2.09. The fourth-order valence-electron chi connectivity index (χ4n) is 3.69. The van der Waals surface area contributed by atoms with Crippen LogP contribution in [0.1, 0.15) is 25.1 Å². The van der Waals surface area contributed by atoms with Crippen LogP contribution >= 0.6 is 11.8 Å². The van der Waals surface area contributed by atoms with E-state index < -0.39 is 0 Å². The number of para-hydroxylation sites is 1. The molecule has 1 saturated heterocycles. The van der Waals surface area contributed by atoms with E-state index >= 15 is 0 Å². The summed E-state index contributed by atoms with van der Waals surface area (Å²) in [5.41, 5.74) is 0.616. The zero-order chi connectivity index (χ0) is 18.6. The first-order chi connectivity index (χ1) is 13.2. The third-order valence-electron chi connectivity index (χ3n) is 5.23. The molecule has 2 aliphatic rings. The van der Waals surface area contributed by atoms with Gasteiger partial charge in [-0.05, 0) is 25.0 Å². The average molecular weight is 390 g/mol. The highest BCUT2D eigenvalue weighted by Gasteiger charge is 2.23. The lowest BCUT2D eigenvalue weighted by atomic mass is 10.2. The SMILES string of the molecule is O=C(CSc1nnc2n1CCCCC2)N1CCN(c2ccccc2F)CC1. The summed E-state index contributed by atoms with van der Waals surface area (Å²) < 4.78 is 16.1. The van der Waals surface area contributed by atoms with Crippen molar-refractivity contribution in [3.8, 4) is 0 Å². The molecule has 144 valence electrons. The van der Waals surface area contributed by atoms with Gasteiger partial charge < -0.3 is 14.4 Å². The summed E-state index contributed by atoms with van der Waals surface area (Å²) in [7, 11) is 0. The topological polar surface area (TPSA) is 54.3 Å². The van der Waals surface area contributed by atoms with Crippen molar-refractivity contribution in [2.75, 3.05) is 36.8 Å². The molecule has 1 aromatic heterocycles. The number of nitrogens with zero attached hydrogens (tertiary/aromatic N) is 5. The summed E-state index contributed by atoms with van der Waals surface area (Å²) in [4.78, 5) is 16.5. The summed E-state index contributed by atoms with van der Waals surface area (Å²) in [6, 6.07) is 6.81. The predicted octanol–water partition coefficient (Wildman–Crippen LogP) is 2.58. The van der Waals surface area contributed by atoms with Crippen molar-refractivity contribution < 1.29 is 9.18 Å². The van der Waals surface area contributed by atoms with Crippen LogP contribution in [0.4, 0.5) is 10.1 Å². The van der Waals surface area contributed by atoms with Crippen molar-refractivity contribution in [2.45, 2.75) is 37.4 Å². The highest BCUT2D eigenvalue weighted by molar-refractivity contribution is 7.99. The maximum Gasteiger partial charge on any atom is 0.233 e. The molecule has 4 rings (SSSR count). The fraction of sp³-hybridized carbons (Fsp3) is 0.526. The zero-order valence-electron chi connectivity index (χ0n) is 15.3. The number of halogens is 1. The van der Waals surface area contributed by atoms with E-state index in [0.717, 1.165) is 36.8 Å². The maximum absolute atomic E-state index is 13.9. The number of rotatable bonds is 4. The van der Waals surface area contributed by atoms with Gasteiger partial charge in [0.25, 0.3) is 0 Å². The van der Waals surface area contributed by atoms with E-state index in [4.69, 9.17) is 0 Å². The normalized spacial score (nSPS) is 17.5. The van der Waals surface area contributed by atoms with Crippen LogP contribution in [0.5, 0.6) is 0 Å². The second kappa shape index (κ2) is 8.29. The van der Waals surface area contributed by atoms with Crippen LogP contribution in [0.25, 0.3) is 0 Å². The summed E-state index contributed by atoms with van der Waals surface area (Å²) >= 11 is 1.48. The molecule has 3 heterocycles. The van der Waals surface area contributed by atoms with Crippen molar-refractivity contribution >= 4 is 23.4 Å². The molecule has 6 nitrogen and oxygen atoms in total. The first-order valence-electron chi connectivity index (χ1n) is 9.54. The van der Waals surface area contributed by atoms with Crippen molar-refractivity contribution in [2.24, 2.45) is 0 Å². The number of benzene rings is 1. The molecule has 0 aliphatic carbocycles. The molecule has 0 N–H and O–H groups in total. The molecule has 2 aliphatic heterocycles. The largest absolute Gasteiger partial charge is 0.366 e. The maximum atomic E-state index is 13.9. The highest BCUT2D eigenvalue weighted by atomic mass is 32.2. The molecular formula is C19H24FN5OS. The van der Waals surface area contributed by atoms with Crippen molar-refractivity contribution in [3.05, 3.63) is 35.9 Å². The Bertz CT molecular complexity index is 803. The average Bonchev–Trinajstić information content (AvgIpc) is 2.93. The van der Waals surface area contributed by atoms with E-state index in [1.165, 1.54) is 24.2 Å². The van der Waals surface area contributed by atoms with Gasteiger partial charge in [0, 0.05) is 39.1 Å². The third-order valence-corrected chi connectivity index (χ3v) is 6.18. The van der Waals surface area contributed by atoms with Gasteiger partial charge in [-0.1, -0.05) is 30.3 Å². The Kier molecular flexibility index (Phi) is 5.61. The summed E-state index contributed by atoms with van der Waals surface area (Å²) in [6.07, 6.45) is 4.50. The van der Waals surface area contributed by atoms with Crippen LogP contribution in [0.15, 0.2) is 29.4 Å². The van der Waals surface area contributed by atoms with E-state index in [-0.39, 0.29) is 11.7 Å². The van der Waals surface area contributed by atoms with E-state index in [1.807, 2.05) is 15.9 Å². The number of fused-ring (bicyclic) bond motifs is 1. The molecular weight excluding hydrogens is 365 g/mol. The predicted molar refractivity (Wildman–Crippen MR) is 103 cm³/mol. The van der Waals surface area contributed by atoms with Gasteiger partial charge in [0.05, 0.1) is 11.4 Å². The van der Waals surface area contributed by atoms with Gasteiger partial charge in [-0.25, -0.2) is 4.39 Å². The number of amides is 1. The molecule has 1 fully saturated rings. The molecule has 27 heavy (non-hydrogen) atoms. The van der Waals surface area contributed by atoms with Gasteiger partial charge in [-0.3, -0.25) is 4.79 Å². The number of hydrogen-bond donors (Lipinski definition) is 0. The van der Waals surface area contributed by atoms with Crippen LogP contribution in [0.2, 0.25) is 0 Å². The van der Waals surface area contributed by atoms with Crippen molar-refractivity contribution in [1.29, 1.82) is 0 Å². The molecule has 0 unspecified atom stereocenters. The lowest BCUT2D eigenvalue weighted by molar-refractivity contribution is -0.128. The molecule has 0 atom stereocenters. The molecule has 0 spiro atoms. The van der Waals surface area contributed by atoms with Crippen LogP contribution in [-0.2, 0) is 17.8 Å². The standard InChI is InChI=1S/C19H24FN5OS/c20-15-6-3-4-7-16(15)23-10-12-24(13-11-23)18(26)14-27-19-22-21-17-8-2-1-5-9-25(17)19/h3-4,6-7H,1-2,5,8-14H2. The lowest BCUT2D eigenvalue weighted by Crippen LogP contribution is -2.49. The Labute approximate surface area is 162 Å². The molecule has 0 radical (unpaired) electrons. The molecule has 2 aromatic rings. The van der Waals surface area contributed by atoms with Crippen molar-refractivity contribution in [1.82, 2.24) is 19.7 Å². The number of carbonyl (C=O) groups is 1. The van der Waals surface area contributed by atoms with Gasteiger partial charge in [-0.15, -0.1) is 10.2 Å². The number of piperazine rings is 1. The summed E-state index contributed by atoms with van der Waals surface area (Å²) in [5.74, 6) is 1.32. The van der Waals surface area contributed by atoms with Gasteiger partial charge >= 0.3 is 0 Å². The van der Waals surface area contributed by atoms with Crippen molar-refractivity contribution in [3.63, 3.8) is 0 Å². The number of aromatic nitrogens is 3. The molecule has 1 amide bonds. The van der Waals surface area contributed by atoms with Crippen LogP contribution in [0.3, 0.4) is 0 Å². The molecule has 0 saturated carbocycles. The van der Waals surface area contributed by atoms with E-state index in [9.17, 15) is 9.18 Å². The van der Waals surface area contributed by atoms with Crippen LogP contribution in [-0.4, -0.2) is 57.5 Å². The third kappa shape index (κ3) is 4.10.